The molecule has 0 aliphatic carbocycles. The Kier molecular flexibility index (Phi) is 7.09. The van der Waals surface area contributed by atoms with Gasteiger partial charge in [-0.15, -0.1) is 0 Å². The van der Waals surface area contributed by atoms with Crippen LogP contribution in [0.5, 0.6) is 0 Å². The third-order valence-electron chi connectivity index (χ3n) is 3.42. The average Bonchev–Trinajstić information content (AvgIpc) is 2.47. The van der Waals surface area contributed by atoms with Gasteiger partial charge in [0.15, 0.2) is 0 Å². The summed E-state index contributed by atoms with van der Waals surface area (Å²) in [7, 11) is 0. The van der Waals surface area contributed by atoms with Crippen LogP contribution >= 0.6 is 0 Å². The minimum Gasteiger partial charge on any atom is -0.444 e. The lowest BCUT2D eigenvalue weighted by Gasteiger charge is -2.33. The van der Waals surface area contributed by atoms with Crippen molar-refractivity contribution in [3.8, 4) is 0 Å². The minimum absolute atomic E-state index is 0.181. The second-order valence-corrected chi connectivity index (χ2v) is 6.39. The molecule has 1 amide bonds. The number of rotatable bonds is 1. The van der Waals surface area contributed by atoms with Gasteiger partial charge in [0.25, 0.3) is 0 Å². The van der Waals surface area contributed by atoms with Gasteiger partial charge in [0.05, 0.1) is 0 Å². The van der Waals surface area contributed by atoms with Crippen molar-refractivity contribution in [2.45, 2.75) is 52.1 Å². The van der Waals surface area contributed by atoms with E-state index in [2.05, 4.69) is 24.3 Å². The highest BCUT2D eigenvalue weighted by Gasteiger charge is 2.27. The van der Waals surface area contributed by atoms with E-state index in [1.807, 2.05) is 31.7 Å². The van der Waals surface area contributed by atoms with E-state index >= 15 is 0 Å². The lowest BCUT2D eigenvalue weighted by molar-refractivity contribution is -0.106. The van der Waals surface area contributed by atoms with E-state index in [0.717, 1.165) is 32.2 Å². The lowest BCUT2D eigenvalue weighted by Crippen LogP contribution is -2.41. The SMILES string of the molecule is CC(C)(C)OC(=O)N1CCC(c2ccccc2)CC1.CC=O. The highest BCUT2D eigenvalue weighted by molar-refractivity contribution is 5.68. The lowest BCUT2D eigenvalue weighted by atomic mass is 9.90. The predicted molar refractivity (Wildman–Crippen MR) is 88.0 cm³/mol. The molecule has 0 radical (unpaired) electrons. The molecule has 0 atom stereocenters. The van der Waals surface area contributed by atoms with E-state index in [1.54, 1.807) is 0 Å². The van der Waals surface area contributed by atoms with Crippen LogP contribution in [-0.2, 0) is 9.53 Å². The van der Waals surface area contributed by atoms with Crippen LogP contribution in [-0.4, -0.2) is 36.0 Å². The maximum Gasteiger partial charge on any atom is 0.410 e. The van der Waals surface area contributed by atoms with E-state index in [-0.39, 0.29) is 6.09 Å². The van der Waals surface area contributed by atoms with Crippen molar-refractivity contribution < 1.29 is 14.3 Å². The predicted octanol–water partition coefficient (Wildman–Crippen LogP) is 4.01. The number of nitrogens with zero attached hydrogens (tertiary/aromatic N) is 1. The Labute approximate surface area is 133 Å². The van der Waals surface area contributed by atoms with Crippen LogP contribution < -0.4 is 0 Å². The van der Waals surface area contributed by atoms with Crippen molar-refractivity contribution in [2.24, 2.45) is 0 Å². The number of carbonyl (C=O) groups is 2. The van der Waals surface area contributed by atoms with Crippen LogP contribution in [0.1, 0.15) is 52.0 Å². The highest BCUT2D eigenvalue weighted by Crippen LogP contribution is 2.28. The average molecular weight is 305 g/mol. The zero-order valence-corrected chi connectivity index (χ0v) is 14.0. The van der Waals surface area contributed by atoms with Gasteiger partial charge >= 0.3 is 6.09 Å². The fraction of sp³-hybridized carbons (Fsp3) is 0.556. The Balaban J connectivity index is 0.000000745. The maximum atomic E-state index is 12.0. The molecule has 1 aliphatic rings. The molecule has 1 fully saturated rings. The summed E-state index contributed by atoms with van der Waals surface area (Å²) in [6.07, 6.45) is 2.60. The summed E-state index contributed by atoms with van der Waals surface area (Å²) in [6.45, 7) is 8.73. The van der Waals surface area contributed by atoms with Crippen molar-refractivity contribution in [1.82, 2.24) is 4.90 Å². The highest BCUT2D eigenvalue weighted by atomic mass is 16.6. The summed E-state index contributed by atoms with van der Waals surface area (Å²) in [5, 5.41) is 0. The number of carbonyl (C=O) groups excluding carboxylic acids is 2. The number of aldehydes is 1. The molecular weight excluding hydrogens is 278 g/mol. The smallest absolute Gasteiger partial charge is 0.410 e. The van der Waals surface area contributed by atoms with Crippen LogP contribution in [0.2, 0.25) is 0 Å². The molecule has 0 bridgehead atoms. The largest absolute Gasteiger partial charge is 0.444 e. The van der Waals surface area contributed by atoms with Crippen molar-refractivity contribution in [3.63, 3.8) is 0 Å². The Bertz CT molecular complexity index is 457. The molecule has 0 aromatic heterocycles. The molecule has 22 heavy (non-hydrogen) atoms. The molecule has 4 nitrogen and oxygen atoms in total. The Morgan fingerprint density at radius 2 is 1.68 bits per heavy atom. The first-order valence-corrected chi connectivity index (χ1v) is 7.80. The first kappa shape index (κ1) is 18.2. The molecule has 2 rings (SSSR count). The molecule has 1 aromatic carbocycles. The Morgan fingerprint density at radius 3 is 2.14 bits per heavy atom. The van der Waals surface area contributed by atoms with Gasteiger partial charge in [-0.25, -0.2) is 4.79 Å². The zero-order chi connectivity index (χ0) is 16.6. The van der Waals surface area contributed by atoms with Gasteiger partial charge < -0.3 is 14.4 Å². The molecule has 0 N–H and O–H groups in total. The van der Waals surface area contributed by atoms with Crippen LogP contribution in [0.3, 0.4) is 0 Å². The van der Waals surface area contributed by atoms with E-state index < -0.39 is 5.60 Å². The first-order valence-electron chi connectivity index (χ1n) is 7.80. The second kappa shape index (κ2) is 8.57. The van der Waals surface area contributed by atoms with Gasteiger partial charge in [0.2, 0.25) is 0 Å². The fourth-order valence-electron chi connectivity index (χ4n) is 2.45. The summed E-state index contributed by atoms with van der Waals surface area (Å²) in [6, 6.07) is 10.5. The number of amides is 1. The standard InChI is InChI=1S/C16H23NO2.C2H4O/c1-16(2,3)19-15(18)17-11-9-14(10-12-17)13-7-5-4-6-8-13;1-2-3/h4-8,14H,9-12H2,1-3H3;2H,1H3. The van der Waals surface area contributed by atoms with Crippen LogP contribution in [0.4, 0.5) is 4.79 Å². The normalized spacial score (nSPS) is 15.5. The minimum atomic E-state index is -0.409. The molecule has 0 spiro atoms. The van der Waals surface area contributed by atoms with Crippen LogP contribution in [0, 0.1) is 0 Å². The molecule has 4 heteroatoms. The summed E-state index contributed by atoms with van der Waals surface area (Å²) < 4.78 is 5.41. The number of hydrogen-bond acceptors (Lipinski definition) is 3. The molecule has 1 aliphatic heterocycles. The third kappa shape index (κ3) is 6.29. The van der Waals surface area contributed by atoms with Crippen molar-refractivity contribution in [1.29, 1.82) is 0 Å². The molecule has 122 valence electrons. The summed E-state index contributed by atoms with van der Waals surface area (Å²) in [5.74, 6) is 0.569. The van der Waals surface area contributed by atoms with Crippen molar-refractivity contribution in [2.75, 3.05) is 13.1 Å². The monoisotopic (exact) mass is 305 g/mol. The van der Waals surface area contributed by atoms with Gasteiger partial charge in [-0.05, 0) is 52.0 Å². The van der Waals surface area contributed by atoms with Crippen LogP contribution in [0.15, 0.2) is 30.3 Å². The van der Waals surface area contributed by atoms with Gasteiger partial charge in [-0.2, -0.15) is 0 Å². The number of piperidine rings is 1. The quantitative estimate of drug-likeness (QED) is 0.737. The molecule has 1 saturated heterocycles. The summed E-state index contributed by atoms with van der Waals surface area (Å²) in [5.41, 5.74) is 0.972. The van der Waals surface area contributed by atoms with Gasteiger partial charge in [0.1, 0.15) is 11.9 Å². The molecular formula is C18H27NO3. The number of likely N-dealkylation sites (tertiary alicyclic amines) is 1. The second-order valence-electron chi connectivity index (χ2n) is 6.39. The Morgan fingerprint density at radius 1 is 1.18 bits per heavy atom. The topological polar surface area (TPSA) is 46.6 Å². The third-order valence-corrected chi connectivity index (χ3v) is 3.42. The van der Waals surface area contributed by atoms with E-state index in [1.165, 1.54) is 12.5 Å². The van der Waals surface area contributed by atoms with E-state index in [4.69, 9.17) is 9.53 Å². The van der Waals surface area contributed by atoms with Crippen molar-refractivity contribution >= 4 is 12.4 Å². The fourth-order valence-corrected chi connectivity index (χ4v) is 2.45. The number of benzene rings is 1. The van der Waals surface area contributed by atoms with Gasteiger partial charge in [0, 0.05) is 13.1 Å². The van der Waals surface area contributed by atoms with E-state index in [9.17, 15) is 4.79 Å². The van der Waals surface area contributed by atoms with E-state index in [0.29, 0.717) is 5.92 Å². The van der Waals surface area contributed by atoms with Crippen LogP contribution in [0.25, 0.3) is 0 Å². The molecule has 0 saturated carbocycles. The summed E-state index contributed by atoms with van der Waals surface area (Å²) >= 11 is 0. The molecule has 0 unspecified atom stereocenters. The zero-order valence-electron chi connectivity index (χ0n) is 14.0. The molecule has 1 aromatic rings. The van der Waals surface area contributed by atoms with Crippen molar-refractivity contribution in [3.05, 3.63) is 35.9 Å². The maximum absolute atomic E-state index is 12.0. The van der Waals surface area contributed by atoms with Gasteiger partial charge in [-0.1, -0.05) is 30.3 Å². The van der Waals surface area contributed by atoms with Gasteiger partial charge in [-0.3, -0.25) is 0 Å². The number of ether oxygens (including phenoxy) is 1. The number of hydrogen-bond donors (Lipinski definition) is 0. The Hall–Kier alpha value is -1.84. The summed E-state index contributed by atoms with van der Waals surface area (Å²) in [4.78, 5) is 22.6. The molecule has 1 heterocycles. The first-order chi connectivity index (χ1) is 10.4.